The van der Waals surface area contributed by atoms with Crippen LogP contribution < -0.4 is 4.90 Å². The van der Waals surface area contributed by atoms with Gasteiger partial charge in [-0.25, -0.2) is 4.85 Å². The smallest absolute Gasteiger partial charge is 0.197 e. The molecule has 47 heavy (non-hydrogen) atoms. The standard InChI is InChI=1S/C42H27N5/c1-42(2)34-14-6-10-18-39(34)47(40-19-11-7-15-35(40)42)31-23-28(41-29(26-44)20-27(25-43)21-36(41)45-3)22-30(24-31)46-37-16-8-4-12-32(37)33-13-5-9-17-38(33)46/h4-24H,1-2H3. The molecule has 0 saturated heterocycles. The highest BCUT2D eigenvalue weighted by Crippen LogP contribution is 2.52. The summed E-state index contributed by atoms with van der Waals surface area (Å²) >= 11 is 0. The lowest BCUT2D eigenvalue weighted by molar-refractivity contribution is 0.632. The fourth-order valence-electron chi connectivity index (χ4n) is 7.32. The third-order valence-corrected chi connectivity index (χ3v) is 9.41. The molecule has 8 rings (SSSR count). The lowest BCUT2D eigenvalue weighted by Gasteiger charge is -2.42. The van der Waals surface area contributed by atoms with Crippen molar-refractivity contribution in [1.82, 2.24) is 4.57 Å². The molecule has 1 aromatic heterocycles. The number of benzene rings is 6. The summed E-state index contributed by atoms with van der Waals surface area (Å²) < 4.78 is 2.26. The number of rotatable bonds is 3. The predicted octanol–water partition coefficient (Wildman–Crippen LogP) is 10.9. The van der Waals surface area contributed by atoms with Crippen LogP contribution in [0.5, 0.6) is 0 Å². The predicted molar refractivity (Wildman–Crippen MR) is 189 cm³/mol. The maximum absolute atomic E-state index is 10.3. The van der Waals surface area contributed by atoms with E-state index in [0.717, 1.165) is 50.1 Å². The highest BCUT2D eigenvalue weighted by atomic mass is 15.2. The van der Waals surface area contributed by atoms with E-state index in [1.54, 1.807) is 12.1 Å². The van der Waals surface area contributed by atoms with E-state index in [4.69, 9.17) is 6.57 Å². The van der Waals surface area contributed by atoms with E-state index in [9.17, 15) is 10.5 Å². The molecular weight excluding hydrogens is 574 g/mol. The average Bonchev–Trinajstić information content (AvgIpc) is 3.45. The molecule has 0 fully saturated rings. The van der Waals surface area contributed by atoms with Crippen molar-refractivity contribution in [3.63, 3.8) is 0 Å². The quantitative estimate of drug-likeness (QED) is 0.189. The molecule has 0 atom stereocenters. The lowest BCUT2D eigenvalue weighted by Crippen LogP contribution is -2.30. The first-order chi connectivity index (χ1) is 22.9. The number of nitrogens with zero attached hydrogens (tertiary/aromatic N) is 5. The summed E-state index contributed by atoms with van der Waals surface area (Å²) in [6.07, 6.45) is 0. The van der Waals surface area contributed by atoms with E-state index in [1.165, 1.54) is 11.1 Å². The third-order valence-electron chi connectivity index (χ3n) is 9.41. The van der Waals surface area contributed by atoms with Crippen LogP contribution in [-0.4, -0.2) is 4.57 Å². The zero-order valence-electron chi connectivity index (χ0n) is 25.9. The van der Waals surface area contributed by atoms with Crippen LogP contribution in [0, 0.1) is 29.2 Å². The molecule has 2 heterocycles. The van der Waals surface area contributed by atoms with Gasteiger partial charge in [0.05, 0.1) is 46.7 Å². The molecule has 0 unspecified atom stereocenters. The summed E-state index contributed by atoms with van der Waals surface area (Å²) in [5, 5.41) is 22.3. The van der Waals surface area contributed by atoms with Gasteiger partial charge >= 0.3 is 0 Å². The SMILES string of the molecule is [C-]#[N+]c1cc(C#N)cc(C#N)c1-c1cc(N2c3ccccc3C(C)(C)c3ccccc32)cc(-n2c3ccccc3c3ccccc32)c1. The summed E-state index contributed by atoms with van der Waals surface area (Å²) in [4.78, 5) is 6.11. The fourth-order valence-corrected chi connectivity index (χ4v) is 7.32. The molecule has 0 saturated carbocycles. The van der Waals surface area contributed by atoms with Gasteiger partial charge < -0.3 is 9.47 Å². The first-order valence-electron chi connectivity index (χ1n) is 15.4. The van der Waals surface area contributed by atoms with Gasteiger partial charge in [0, 0.05) is 38.7 Å². The van der Waals surface area contributed by atoms with Crippen molar-refractivity contribution in [2.24, 2.45) is 0 Å². The molecule has 1 aliphatic heterocycles. The van der Waals surface area contributed by atoms with Crippen LogP contribution in [0.15, 0.2) is 127 Å². The van der Waals surface area contributed by atoms with Gasteiger partial charge in [0.15, 0.2) is 5.69 Å². The summed E-state index contributed by atoms with van der Waals surface area (Å²) in [6, 6.07) is 47.6. The molecule has 5 heteroatoms. The first-order valence-corrected chi connectivity index (χ1v) is 15.4. The van der Waals surface area contributed by atoms with Crippen molar-refractivity contribution in [3.8, 4) is 29.0 Å². The van der Waals surface area contributed by atoms with Crippen LogP contribution in [0.4, 0.5) is 22.7 Å². The Morgan fingerprint density at radius 2 is 1.19 bits per heavy atom. The summed E-state index contributed by atoms with van der Waals surface area (Å²) in [5.74, 6) is 0. The van der Waals surface area contributed by atoms with Crippen molar-refractivity contribution in [2.75, 3.05) is 4.90 Å². The Hall–Kier alpha value is -6.61. The molecule has 0 bridgehead atoms. The first kappa shape index (κ1) is 27.9. The van der Waals surface area contributed by atoms with Gasteiger partial charge in [-0.15, -0.1) is 0 Å². The summed E-state index contributed by atoms with van der Waals surface area (Å²) in [7, 11) is 0. The van der Waals surface area contributed by atoms with Crippen LogP contribution in [0.25, 0.3) is 43.5 Å². The molecule has 0 N–H and O–H groups in total. The van der Waals surface area contributed by atoms with Crippen LogP contribution in [0.2, 0.25) is 0 Å². The Kier molecular flexibility index (Phi) is 6.23. The zero-order chi connectivity index (χ0) is 32.3. The van der Waals surface area contributed by atoms with Crippen LogP contribution in [-0.2, 0) is 5.41 Å². The molecule has 0 amide bonds. The Balaban J connectivity index is 1.51. The maximum Gasteiger partial charge on any atom is 0.197 e. The van der Waals surface area contributed by atoms with Crippen LogP contribution in [0.3, 0.4) is 0 Å². The molecule has 0 radical (unpaired) electrons. The third kappa shape index (κ3) is 4.14. The van der Waals surface area contributed by atoms with Gasteiger partial charge in [0.1, 0.15) is 0 Å². The number of anilines is 3. The molecule has 0 aliphatic carbocycles. The zero-order valence-corrected chi connectivity index (χ0v) is 25.9. The minimum absolute atomic E-state index is 0.227. The number of hydrogen-bond donors (Lipinski definition) is 0. The van der Waals surface area contributed by atoms with Gasteiger partial charge in [0.25, 0.3) is 0 Å². The molecular formula is C42H27N5. The van der Waals surface area contributed by atoms with E-state index in [1.807, 2.05) is 12.1 Å². The number of para-hydroxylation sites is 4. The molecule has 0 spiro atoms. The van der Waals surface area contributed by atoms with Crippen molar-refractivity contribution in [2.45, 2.75) is 19.3 Å². The van der Waals surface area contributed by atoms with E-state index < -0.39 is 0 Å². The minimum Gasteiger partial charge on any atom is -0.310 e. The second-order valence-electron chi connectivity index (χ2n) is 12.4. The normalized spacial score (nSPS) is 13.0. The number of hydrogen-bond acceptors (Lipinski definition) is 3. The topological polar surface area (TPSA) is 60.1 Å². The van der Waals surface area contributed by atoms with Crippen molar-refractivity contribution >= 4 is 44.6 Å². The number of aromatic nitrogens is 1. The second-order valence-corrected chi connectivity index (χ2v) is 12.4. The van der Waals surface area contributed by atoms with Crippen LogP contribution >= 0.6 is 0 Å². The molecule has 220 valence electrons. The Bertz CT molecular complexity index is 2410. The lowest BCUT2D eigenvalue weighted by atomic mass is 9.73. The van der Waals surface area contributed by atoms with Crippen molar-refractivity contribution < 1.29 is 0 Å². The molecule has 7 aromatic rings. The average molecular weight is 602 g/mol. The fraction of sp³-hybridized carbons (Fsp3) is 0.0714. The van der Waals surface area contributed by atoms with E-state index in [0.29, 0.717) is 11.1 Å². The highest BCUT2D eigenvalue weighted by Gasteiger charge is 2.36. The van der Waals surface area contributed by atoms with E-state index in [2.05, 4.69) is 143 Å². The largest absolute Gasteiger partial charge is 0.310 e. The van der Waals surface area contributed by atoms with Gasteiger partial charge in [-0.2, -0.15) is 10.5 Å². The highest BCUT2D eigenvalue weighted by molar-refractivity contribution is 6.09. The van der Waals surface area contributed by atoms with Gasteiger partial charge in [-0.1, -0.05) is 86.6 Å². The van der Waals surface area contributed by atoms with Crippen molar-refractivity contribution in [1.29, 1.82) is 10.5 Å². The monoisotopic (exact) mass is 601 g/mol. The van der Waals surface area contributed by atoms with Crippen LogP contribution in [0.1, 0.15) is 36.1 Å². The Morgan fingerprint density at radius 1 is 0.638 bits per heavy atom. The van der Waals surface area contributed by atoms with Crippen molar-refractivity contribution in [3.05, 3.63) is 161 Å². The van der Waals surface area contributed by atoms with Gasteiger partial charge in [0.2, 0.25) is 0 Å². The molecule has 6 aromatic carbocycles. The second kappa shape index (κ2) is 10.5. The maximum atomic E-state index is 10.3. The number of nitriles is 2. The summed E-state index contributed by atoms with van der Waals surface area (Å²) in [6.45, 7) is 12.6. The molecule has 5 nitrogen and oxygen atoms in total. The van der Waals surface area contributed by atoms with Gasteiger partial charge in [-0.05, 0) is 71.3 Å². The van der Waals surface area contributed by atoms with E-state index >= 15 is 0 Å². The summed E-state index contributed by atoms with van der Waals surface area (Å²) in [5.41, 5.74) is 10.4. The minimum atomic E-state index is -0.227. The Labute approximate surface area is 273 Å². The molecule has 1 aliphatic rings. The number of fused-ring (bicyclic) bond motifs is 5. The Morgan fingerprint density at radius 3 is 1.77 bits per heavy atom. The van der Waals surface area contributed by atoms with Gasteiger partial charge in [-0.3, -0.25) is 0 Å². The van der Waals surface area contributed by atoms with E-state index in [-0.39, 0.29) is 16.7 Å².